The van der Waals surface area contributed by atoms with E-state index in [1.165, 1.54) is 22.4 Å². The van der Waals surface area contributed by atoms with Gasteiger partial charge in [0.2, 0.25) is 0 Å². The van der Waals surface area contributed by atoms with Gasteiger partial charge in [-0.3, -0.25) is 9.69 Å². The maximum atomic E-state index is 12.8. The summed E-state index contributed by atoms with van der Waals surface area (Å²) < 4.78 is 5.00. The Morgan fingerprint density at radius 1 is 0.971 bits per heavy atom. The molecule has 3 aromatic rings. The normalized spacial score (nSPS) is 25.4. The Kier molecular flexibility index (Phi) is 5.11. The number of hydrogen-bond acceptors (Lipinski definition) is 4. The molecule has 34 heavy (non-hydrogen) atoms. The van der Waals surface area contributed by atoms with E-state index in [0.717, 1.165) is 18.7 Å². The van der Waals surface area contributed by atoms with Crippen molar-refractivity contribution in [1.82, 2.24) is 5.32 Å². The van der Waals surface area contributed by atoms with Crippen molar-refractivity contribution in [3.8, 4) is 0 Å². The third kappa shape index (κ3) is 3.84. The standard InChI is InChI=1S/C28H27N3O3/c32-26(21-7-4-8-24(15-21)31-13-14-34-27(31)33)30-23-11-9-20(10-12-23)25-17-28(25)16-22(18-29-28)19-5-2-1-3-6-19/h1-12,15,22,25,29H,13-14,16-18H2,(H,30,32)/t22?,25-,28+/m0/s1. The lowest BCUT2D eigenvalue weighted by Gasteiger charge is -2.14. The molecule has 3 aromatic carbocycles. The van der Waals surface area contributed by atoms with Crippen molar-refractivity contribution in [1.29, 1.82) is 0 Å². The summed E-state index contributed by atoms with van der Waals surface area (Å²) in [6.07, 6.45) is 1.95. The van der Waals surface area contributed by atoms with Crippen LogP contribution >= 0.6 is 0 Å². The number of cyclic esters (lactones) is 1. The second-order valence-corrected chi connectivity index (χ2v) is 9.50. The molecule has 2 saturated heterocycles. The number of ether oxygens (including phenoxy) is 1. The van der Waals surface area contributed by atoms with E-state index in [-0.39, 0.29) is 17.5 Å². The summed E-state index contributed by atoms with van der Waals surface area (Å²) in [6.45, 7) is 1.89. The van der Waals surface area contributed by atoms with E-state index in [9.17, 15) is 9.59 Å². The van der Waals surface area contributed by atoms with Crippen LogP contribution in [0.5, 0.6) is 0 Å². The van der Waals surface area contributed by atoms with Crippen molar-refractivity contribution in [2.24, 2.45) is 0 Å². The molecule has 2 N–H and O–H groups in total. The highest BCUT2D eigenvalue weighted by molar-refractivity contribution is 6.05. The Bertz CT molecular complexity index is 1230. The number of amides is 2. The molecule has 1 unspecified atom stereocenters. The molecule has 6 heteroatoms. The Balaban J connectivity index is 1.10. The summed E-state index contributed by atoms with van der Waals surface area (Å²) in [5.74, 6) is 0.888. The quantitative estimate of drug-likeness (QED) is 0.577. The molecule has 6 rings (SSSR count). The van der Waals surface area contributed by atoms with Crippen molar-refractivity contribution in [2.75, 3.05) is 29.9 Å². The van der Waals surface area contributed by atoms with Crippen molar-refractivity contribution >= 4 is 23.4 Å². The van der Waals surface area contributed by atoms with Crippen molar-refractivity contribution in [3.05, 3.63) is 95.6 Å². The Hall–Kier alpha value is -3.64. The predicted octanol–water partition coefficient (Wildman–Crippen LogP) is 4.90. The minimum atomic E-state index is -0.377. The first-order chi connectivity index (χ1) is 16.6. The van der Waals surface area contributed by atoms with Gasteiger partial charge in [0.15, 0.2) is 0 Å². The summed E-state index contributed by atoms with van der Waals surface area (Å²) >= 11 is 0. The largest absolute Gasteiger partial charge is 0.447 e. The van der Waals surface area contributed by atoms with Crippen LogP contribution in [0.4, 0.5) is 16.2 Å². The lowest BCUT2D eigenvalue weighted by Crippen LogP contribution is -2.25. The molecule has 1 saturated carbocycles. The van der Waals surface area contributed by atoms with E-state index in [2.05, 4.69) is 53.1 Å². The first kappa shape index (κ1) is 20.9. The molecule has 1 spiro atoms. The van der Waals surface area contributed by atoms with Crippen LogP contribution in [0.1, 0.15) is 46.2 Å². The number of hydrogen-bond donors (Lipinski definition) is 2. The van der Waals surface area contributed by atoms with E-state index < -0.39 is 0 Å². The maximum absolute atomic E-state index is 12.8. The summed E-state index contributed by atoms with van der Waals surface area (Å²) in [5, 5.41) is 6.77. The summed E-state index contributed by atoms with van der Waals surface area (Å²) in [6, 6.07) is 26.0. The first-order valence-electron chi connectivity index (χ1n) is 11.9. The molecule has 2 amide bonds. The minimum absolute atomic E-state index is 0.201. The first-order valence-corrected chi connectivity index (χ1v) is 11.9. The number of rotatable bonds is 5. The molecule has 1 aliphatic carbocycles. The van der Waals surface area contributed by atoms with Crippen LogP contribution in [0.15, 0.2) is 78.9 Å². The summed E-state index contributed by atoms with van der Waals surface area (Å²) in [4.78, 5) is 26.2. The highest BCUT2D eigenvalue weighted by atomic mass is 16.6. The summed E-state index contributed by atoms with van der Waals surface area (Å²) in [7, 11) is 0. The molecular formula is C28H27N3O3. The number of carbonyl (C=O) groups is 2. The van der Waals surface area contributed by atoms with Gasteiger partial charge in [-0.1, -0.05) is 48.5 Å². The second-order valence-electron chi connectivity index (χ2n) is 9.50. The molecule has 3 aliphatic rings. The molecule has 0 bridgehead atoms. The number of carbonyl (C=O) groups excluding carboxylic acids is 2. The average molecular weight is 454 g/mol. The number of anilines is 2. The van der Waals surface area contributed by atoms with Gasteiger partial charge in [0.1, 0.15) is 6.61 Å². The maximum Gasteiger partial charge on any atom is 0.414 e. The van der Waals surface area contributed by atoms with Crippen LogP contribution in [-0.2, 0) is 4.74 Å². The van der Waals surface area contributed by atoms with Gasteiger partial charge in [0, 0.05) is 34.9 Å². The molecular weight excluding hydrogens is 426 g/mol. The van der Waals surface area contributed by atoms with E-state index in [1.54, 1.807) is 18.2 Å². The fraction of sp³-hybridized carbons (Fsp3) is 0.286. The Labute approximate surface area is 198 Å². The van der Waals surface area contributed by atoms with Crippen molar-refractivity contribution < 1.29 is 14.3 Å². The van der Waals surface area contributed by atoms with E-state index in [4.69, 9.17) is 4.74 Å². The Morgan fingerprint density at radius 3 is 2.56 bits per heavy atom. The molecule has 3 fully saturated rings. The van der Waals surface area contributed by atoms with Gasteiger partial charge in [0.05, 0.1) is 6.54 Å². The highest BCUT2D eigenvalue weighted by Crippen LogP contribution is 2.58. The molecule has 172 valence electrons. The molecule has 2 aliphatic heterocycles. The fourth-order valence-electron chi connectivity index (χ4n) is 5.48. The van der Waals surface area contributed by atoms with Crippen LogP contribution in [0.25, 0.3) is 0 Å². The van der Waals surface area contributed by atoms with Gasteiger partial charge >= 0.3 is 6.09 Å². The smallest absolute Gasteiger partial charge is 0.414 e. The Morgan fingerprint density at radius 2 is 1.79 bits per heavy atom. The van der Waals surface area contributed by atoms with Crippen molar-refractivity contribution in [2.45, 2.75) is 30.2 Å². The lowest BCUT2D eigenvalue weighted by molar-refractivity contribution is 0.102. The van der Waals surface area contributed by atoms with Crippen LogP contribution in [-0.4, -0.2) is 37.2 Å². The third-order valence-electron chi connectivity index (χ3n) is 7.41. The monoisotopic (exact) mass is 453 g/mol. The third-order valence-corrected chi connectivity index (χ3v) is 7.41. The van der Waals surface area contributed by atoms with Crippen LogP contribution in [0, 0.1) is 0 Å². The topological polar surface area (TPSA) is 70.7 Å². The molecule has 6 nitrogen and oxygen atoms in total. The SMILES string of the molecule is O=C(Nc1ccc([C@@H]2C[C@]23CC(c2ccccc2)CN3)cc1)c1cccc(N2CCOC2=O)c1. The number of benzene rings is 3. The van der Waals surface area contributed by atoms with E-state index in [1.807, 2.05) is 18.2 Å². The minimum Gasteiger partial charge on any atom is -0.447 e. The van der Waals surface area contributed by atoms with Gasteiger partial charge in [-0.05, 0) is 60.2 Å². The van der Waals surface area contributed by atoms with E-state index in [0.29, 0.717) is 36.2 Å². The van der Waals surface area contributed by atoms with Gasteiger partial charge < -0.3 is 15.4 Å². The van der Waals surface area contributed by atoms with Crippen LogP contribution < -0.4 is 15.5 Å². The van der Waals surface area contributed by atoms with Crippen LogP contribution in [0.2, 0.25) is 0 Å². The second kappa shape index (κ2) is 8.29. The van der Waals surface area contributed by atoms with Gasteiger partial charge in [-0.15, -0.1) is 0 Å². The van der Waals surface area contributed by atoms with Crippen LogP contribution in [0.3, 0.4) is 0 Å². The zero-order valence-corrected chi connectivity index (χ0v) is 18.9. The van der Waals surface area contributed by atoms with Gasteiger partial charge in [-0.25, -0.2) is 4.79 Å². The highest BCUT2D eigenvalue weighted by Gasteiger charge is 2.58. The van der Waals surface area contributed by atoms with Gasteiger partial charge in [0.25, 0.3) is 5.91 Å². The zero-order chi connectivity index (χ0) is 23.1. The average Bonchev–Trinajstić information content (AvgIpc) is 3.16. The number of nitrogens with one attached hydrogen (secondary N) is 2. The van der Waals surface area contributed by atoms with E-state index >= 15 is 0 Å². The molecule has 2 heterocycles. The molecule has 0 aromatic heterocycles. The molecule has 3 atom stereocenters. The number of nitrogens with zero attached hydrogens (tertiary/aromatic N) is 1. The van der Waals surface area contributed by atoms with Gasteiger partial charge in [-0.2, -0.15) is 0 Å². The lowest BCUT2D eigenvalue weighted by atomic mass is 9.94. The van der Waals surface area contributed by atoms with Crippen molar-refractivity contribution in [3.63, 3.8) is 0 Å². The summed E-state index contributed by atoms with van der Waals surface area (Å²) in [5.41, 5.74) is 4.88. The zero-order valence-electron chi connectivity index (χ0n) is 18.9. The predicted molar refractivity (Wildman–Crippen MR) is 131 cm³/mol. The fourth-order valence-corrected chi connectivity index (χ4v) is 5.48. The molecule has 0 radical (unpaired) electrons.